The maximum atomic E-state index is 12.7. The fraction of sp³-hybridized carbons (Fsp3) is 0.611. The average molecular weight is 340 g/mol. The zero-order chi connectivity index (χ0) is 17.0. The first kappa shape index (κ1) is 18.2. The Morgan fingerprint density at radius 1 is 1.39 bits per heavy atom. The fourth-order valence-electron chi connectivity index (χ4n) is 3.25. The molecule has 1 aromatic carbocycles. The van der Waals surface area contributed by atoms with Crippen LogP contribution in [-0.2, 0) is 16.0 Å². The first-order chi connectivity index (χ1) is 10.8. The second-order valence-electron chi connectivity index (χ2n) is 7.12. The van der Waals surface area contributed by atoms with E-state index in [1.54, 1.807) is 12.0 Å². The van der Waals surface area contributed by atoms with Gasteiger partial charge in [0.05, 0.1) is 18.8 Å². The molecule has 1 aliphatic heterocycles. The van der Waals surface area contributed by atoms with Gasteiger partial charge in [-0.2, -0.15) is 0 Å². The van der Waals surface area contributed by atoms with Gasteiger partial charge in [0.2, 0.25) is 5.91 Å². The van der Waals surface area contributed by atoms with E-state index in [2.05, 4.69) is 13.8 Å². The molecule has 2 rings (SSSR count). The third-order valence-corrected chi connectivity index (χ3v) is 4.72. The number of hydrogen-bond donors (Lipinski definition) is 1. The van der Waals surface area contributed by atoms with Crippen LogP contribution in [0.5, 0.6) is 0 Å². The van der Waals surface area contributed by atoms with Gasteiger partial charge in [-0.05, 0) is 36.0 Å². The van der Waals surface area contributed by atoms with Gasteiger partial charge in [-0.3, -0.25) is 4.79 Å². The predicted molar refractivity (Wildman–Crippen MR) is 91.6 cm³/mol. The van der Waals surface area contributed by atoms with Crippen molar-refractivity contribution in [1.82, 2.24) is 4.90 Å². The molecule has 0 aliphatic carbocycles. The van der Waals surface area contributed by atoms with Crippen LogP contribution in [0.25, 0.3) is 0 Å². The van der Waals surface area contributed by atoms with E-state index in [1.165, 1.54) is 5.56 Å². The molecule has 5 heteroatoms. The molecule has 0 bridgehead atoms. The second kappa shape index (κ2) is 7.65. The zero-order valence-electron chi connectivity index (χ0n) is 14.1. The van der Waals surface area contributed by atoms with Crippen LogP contribution in [0.2, 0.25) is 5.02 Å². The Hall–Kier alpha value is -1.10. The number of rotatable bonds is 6. The van der Waals surface area contributed by atoms with Crippen LogP contribution < -0.4 is 0 Å². The van der Waals surface area contributed by atoms with Crippen LogP contribution in [0.4, 0.5) is 0 Å². The van der Waals surface area contributed by atoms with Crippen LogP contribution >= 0.6 is 11.6 Å². The lowest BCUT2D eigenvalue weighted by molar-refractivity contribution is -0.135. The Morgan fingerprint density at radius 3 is 2.61 bits per heavy atom. The minimum atomic E-state index is -0.157. The maximum Gasteiger partial charge on any atom is 0.223 e. The van der Waals surface area contributed by atoms with E-state index in [-0.39, 0.29) is 30.1 Å². The predicted octanol–water partition coefficient (Wildman–Crippen LogP) is 2.91. The Bertz CT molecular complexity index is 530. The summed E-state index contributed by atoms with van der Waals surface area (Å²) in [6.45, 7) is 4.75. The molecule has 1 amide bonds. The molecule has 1 fully saturated rings. The molecule has 0 radical (unpaired) electrons. The largest absolute Gasteiger partial charge is 0.394 e. The minimum Gasteiger partial charge on any atom is -0.394 e. The summed E-state index contributed by atoms with van der Waals surface area (Å²) < 4.78 is 5.34. The molecule has 0 aromatic heterocycles. The summed E-state index contributed by atoms with van der Waals surface area (Å²) in [4.78, 5) is 14.4. The Kier molecular flexibility index (Phi) is 6.06. The Morgan fingerprint density at radius 2 is 2.04 bits per heavy atom. The van der Waals surface area contributed by atoms with E-state index in [0.717, 1.165) is 11.4 Å². The molecular formula is C18H26ClNO3. The van der Waals surface area contributed by atoms with Gasteiger partial charge >= 0.3 is 0 Å². The van der Waals surface area contributed by atoms with Crippen LogP contribution in [0.3, 0.4) is 0 Å². The smallest absolute Gasteiger partial charge is 0.223 e. The molecule has 2 atom stereocenters. The average Bonchev–Trinajstić information content (AvgIpc) is 2.92. The SMILES string of the molecule is CO[C@@H]1C[C@@H](CO)N(C(=O)CC(C)(C)Cc2ccc(Cl)cc2)C1. The van der Waals surface area contributed by atoms with Gasteiger partial charge in [0.1, 0.15) is 0 Å². The zero-order valence-corrected chi connectivity index (χ0v) is 14.8. The molecule has 1 heterocycles. The van der Waals surface area contributed by atoms with Gasteiger partial charge in [-0.1, -0.05) is 37.6 Å². The molecular weight excluding hydrogens is 314 g/mol. The first-order valence-corrected chi connectivity index (χ1v) is 8.40. The van der Waals surface area contributed by atoms with Crippen LogP contribution in [0.1, 0.15) is 32.3 Å². The first-order valence-electron chi connectivity index (χ1n) is 8.02. The minimum absolute atomic E-state index is 0.0107. The fourth-order valence-corrected chi connectivity index (χ4v) is 3.38. The van der Waals surface area contributed by atoms with Crippen molar-refractivity contribution in [2.45, 2.75) is 45.3 Å². The number of aliphatic hydroxyl groups excluding tert-OH is 1. The van der Waals surface area contributed by atoms with Crippen molar-refractivity contribution in [2.24, 2.45) is 5.41 Å². The summed E-state index contributed by atoms with van der Waals surface area (Å²) in [6, 6.07) is 7.63. The van der Waals surface area contributed by atoms with Crippen LogP contribution in [0.15, 0.2) is 24.3 Å². The number of aliphatic hydroxyl groups is 1. The number of ether oxygens (including phenoxy) is 1. The number of amides is 1. The van der Waals surface area contributed by atoms with Gasteiger partial charge in [0.15, 0.2) is 0 Å². The van der Waals surface area contributed by atoms with Gasteiger partial charge in [0.25, 0.3) is 0 Å². The monoisotopic (exact) mass is 339 g/mol. The number of benzene rings is 1. The highest BCUT2D eigenvalue weighted by Crippen LogP contribution is 2.30. The van der Waals surface area contributed by atoms with E-state index in [1.807, 2.05) is 24.3 Å². The van der Waals surface area contributed by atoms with E-state index in [9.17, 15) is 9.90 Å². The molecule has 23 heavy (non-hydrogen) atoms. The maximum absolute atomic E-state index is 12.7. The van der Waals surface area contributed by atoms with Crippen molar-refractivity contribution in [2.75, 3.05) is 20.3 Å². The normalized spacial score (nSPS) is 21.7. The molecule has 0 saturated carbocycles. The van der Waals surface area contributed by atoms with Crippen molar-refractivity contribution in [1.29, 1.82) is 0 Å². The van der Waals surface area contributed by atoms with Crippen molar-refractivity contribution < 1.29 is 14.6 Å². The third-order valence-electron chi connectivity index (χ3n) is 4.47. The number of halogens is 1. The van der Waals surface area contributed by atoms with Gasteiger partial charge in [-0.25, -0.2) is 0 Å². The molecule has 1 aliphatic rings. The number of nitrogens with zero attached hydrogens (tertiary/aromatic N) is 1. The standard InChI is InChI=1S/C18H26ClNO3/c1-18(2,9-13-4-6-14(19)7-5-13)10-17(22)20-11-16(23-3)8-15(20)12-21/h4-7,15-16,21H,8-12H2,1-3H3/t15-,16+/m0/s1. The molecule has 0 spiro atoms. The highest BCUT2D eigenvalue weighted by atomic mass is 35.5. The van der Waals surface area contributed by atoms with Gasteiger partial charge in [-0.15, -0.1) is 0 Å². The summed E-state index contributed by atoms with van der Waals surface area (Å²) in [5.41, 5.74) is 1.01. The summed E-state index contributed by atoms with van der Waals surface area (Å²) >= 11 is 5.92. The van der Waals surface area contributed by atoms with E-state index in [4.69, 9.17) is 16.3 Å². The van der Waals surface area contributed by atoms with E-state index in [0.29, 0.717) is 19.4 Å². The molecule has 4 nitrogen and oxygen atoms in total. The molecule has 128 valence electrons. The van der Waals surface area contributed by atoms with Gasteiger partial charge in [0, 0.05) is 25.1 Å². The van der Waals surface area contributed by atoms with E-state index < -0.39 is 0 Å². The molecule has 1 saturated heterocycles. The van der Waals surface area contributed by atoms with Gasteiger partial charge < -0.3 is 14.7 Å². The Labute approximate surface area is 143 Å². The van der Waals surface area contributed by atoms with Crippen LogP contribution in [0, 0.1) is 5.41 Å². The molecule has 1 N–H and O–H groups in total. The third kappa shape index (κ3) is 4.93. The summed E-state index contributed by atoms with van der Waals surface area (Å²) in [5.74, 6) is 0.0857. The molecule has 1 aromatic rings. The number of likely N-dealkylation sites (tertiary alicyclic amines) is 1. The highest BCUT2D eigenvalue weighted by Gasteiger charge is 2.36. The number of carbonyl (C=O) groups excluding carboxylic acids is 1. The van der Waals surface area contributed by atoms with Crippen LogP contribution in [-0.4, -0.2) is 48.3 Å². The van der Waals surface area contributed by atoms with Crippen molar-refractivity contribution in [3.8, 4) is 0 Å². The van der Waals surface area contributed by atoms with Crippen molar-refractivity contribution in [3.05, 3.63) is 34.9 Å². The topological polar surface area (TPSA) is 49.8 Å². The van der Waals surface area contributed by atoms with E-state index >= 15 is 0 Å². The lowest BCUT2D eigenvalue weighted by Gasteiger charge is -2.29. The quantitative estimate of drug-likeness (QED) is 0.867. The number of methoxy groups -OCH3 is 1. The highest BCUT2D eigenvalue weighted by molar-refractivity contribution is 6.30. The summed E-state index contributed by atoms with van der Waals surface area (Å²) in [6.07, 6.45) is 1.98. The number of hydrogen-bond acceptors (Lipinski definition) is 3. The lowest BCUT2D eigenvalue weighted by atomic mass is 9.82. The summed E-state index contributed by atoms with van der Waals surface area (Å²) in [7, 11) is 1.65. The Balaban J connectivity index is 1.98. The summed E-state index contributed by atoms with van der Waals surface area (Å²) in [5, 5.41) is 10.2. The molecule has 0 unspecified atom stereocenters. The van der Waals surface area contributed by atoms with Crippen molar-refractivity contribution in [3.63, 3.8) is 0 Å². The second-order valence-corrected chi connectivity index (χ2v) is 7.56. The lowest BCUT2D eigenvalue weighted by Crippen LogP contribution is -2.40. The number of carbonyl (C=O) groups is 1. The van der Waals surface area contributed by atoms with Crippen molar-refractivity contribution >= 4 is 17.5 Å².